The molecule has 7 nitrogen and oxygen atoms in total. The van der Waals surface area contributed by atoms with E-state index in [1.54, 1.807) is 24.1 Å². The van der Waals surface area contributed by atoms with Crippen LogP contribution in [0, 0.1) is 5.92 Å². The van der Waals surface area contributed by atoms with Gasteiger partial charge in [0, 0.05) is 32.8 Å². The van der Waals surface area contributed by atoms with E-state index in [9.17, 15) is 9.59 Å². The number of carbonyl (C=O) groups is 2. The van der Waals surface area contributed by atoms with Crippen molar-refractivity contribution >= 4 is 34.8 Å². The molecule has 1 aromatic heterocycles. The van der Waals surface area contributed by atoms with Gasteiger partial charge >= 0.3 is 0 Å². The van der Waals surface area contributed by atoms with Crippen LogP contribution in [0.2, 0.25) is 4.34 Å². The number of ether oxygens (including phenoxy) is 2. The number of likely N-dealkylation sites (tertiary alicyclic amines) is 1. The first-order chi connectivity index (χ1) is 16.5. The minimum absolute atomic E-state index is 0.00439. The lowest BCUT2D eigenvalue weighted by atomic mass is 9.84. The largest absolute Gasteiger partial charge is 0.474 e. The Bertz CT molecular complexity index is 806. The molecule has 34 heavy (non-hydrogen) atoms. The van der Waals surface area contributed by atoms with Crippen molar-refractivity contribution in [2.45, 2.75) is 63.5 Å². The van der Waals surface area contributed by atoms with E-state index >= 15 is 0 Å². The highest BCUT2D eigenvalue weighted by atomic mass is 35.5. The number of rotatable bonds is 8. The van der Waals surface area contributed by atoms with Gasteiger partial charge in [-0.25, -0.2) is 0 Å². The number of piperazine rings is 1. The highest BCUT2D eigenvalue weighted by Gasteiger charge is 2.39. The Hall–Kier alpha value is -1.35. The van der Waals surface area contributed by atoms with E-state index in [1.165, 1.54) is 75.8 Å². The summed E-state index contributed by atoms with van der Waals surface area (Å²) in [6.45, 7) is 4.48. The van der Waals surface area contributed by atoms with Crippen molar-refractivity contribution in [1.29, 1.82) is 0 Å². The van der Waals surface area contributed by atoms with Gasteiger partial charge in [0.2, 0.25) is 5.91 Å². The van der Waals surface area contributed by atoms with E-state index in [-0.39, 0.29) is 25.0 Å². The summed E-state index contributed by atoms with van der Waals surface area (Å²) in [5.41, 5.74) is 0. The summed E-state index contributed by atoms with van der Waals surface area (Å²) in [7, 11) is 1.57. The number of thiophene rings is 1. The average Bonchev–Trinajstić information content (AvgIpc) is 3.08. The summed E-state index contributed by atoms with van der Waals surface area (Å²) in [6, 6.07) is 3.62. The standard InChI is InChI=1S/C25H38ClN3O4S/c1-32-17-21-25(31)28(14-15-29(21)23(30)18-33-24-11-10-22(26)34-24)16-19-6-8-20(9-7-19)27-12-4-2-3-5-13-27/h10-11,19-21H,2-9,12-18H2,1H3. The summed E-state index contributed by atoms with van der Waals surface area (Å²) in [4.78, 5) is 32.5. The van der Waals surface area contributed by atoms with Crippen LogP contribution in [0.3, 0.4) is 0 Å². The van der Waals surface area contributed by atoms with Gasteiger partial charge < -0.3 is 24.2 Å². The fraction of sp³-hybridized carbons (Fsp3) is 0.760. The maximum Gasteiger partial charge on any atom is 0.261 e. The molecule has 4 rings (SSSR count). The molecule has 0 bridgehead atoms. The van der Waals surface area contributed by atoms with E-state index in [0.29, 0.717) is 28.4 Å². The van der Waals surface area contributed by atoms with Crippen LogP contribution in [0.1, 0.15) is 51.4 Å². The highest BCUT2D eigenvalue weighted by Crippen LogP contribution is 2.31. The molecule has 1 aliphatic carbocycles. The lowest BCUT2D eigenvalue weighted by Gasteiger charge is -2.43. The fourth-order valence-electron chi connectivity index (χ4n) is 5.69. The van der Waals surface area contributed by atoms with E-state index in [0.717, 1.165) is 12.6 Å². The van der Waals surface area contributed by atoms with Crippen molar-refractivity contribution < 1.29 is 19.1 Å². The molecule has 0 radical (unpaired) electrons. The van der Waals surface area contributed by atoms with Gasteiger partial charge in [0.1, 0.15) is 6.04 Å². The van der Waals surface area contributed by atoms with Crippen LogP contribution >= 0.6 is 22.9 Å². The molecule has 3 fully saturated rings. The van der Waals surface area contributed by atoms with Gasteiger partial charge in [-0.15, -0.1) is 0 Å². The van der Waals surface area contributed by atoms with Crippen LogP contribution in [-0.4, -0.2) is 91.6 Å². The maximum atomic E-state index is 13.3. The van der Waals surface area contributed by atoms with Crippen LogP contribution in [0.15, 0.2) is 12.1 Å². The number of amides is 2. The minimum Gasteiger partial charge on any atom is -0.474 e. The molecule has 2 saturated heterocycles. The van der Waals surface area contributed by atoms with E-state index in [2.05, 4.69) is 4.90 Å². The Balaban J connectivity index is 1.27. The summed E-state index contributed by atoms with van der Waals surface area (Å²) in [5, 5.41) is 0.599. The van der Waals surface area contributed by atoms with Gasteiger partial charge in [0.15, 0.2) is 11.7 Å². The van der Waals surface area contributed by atoms with Crippen molar-refractivity contribution in [3.05, 3.63) is 16.5 Å². The van der Waals surface area contributed by atoms with Crippen molar-refractivity contribution in [3.63, 3.8) is 0 Å². The molecule has 1 saturated carbocycles. The monoisotopic (exact) mass is 511 g/mol. The highest BCUT2D eigenvalue weighted by molar-refractivity contribution is 7.17. The third-order valence-corrected chi connectivity index (χ3v) is 8.71. The topological polar surface area (TPSA) is 62.3 Å². The lowest BCUT2D eigenvalue weighted by molar-refractivity contribution is -0.155. The number of hydrogen-bond donors (Lipinski definition) is 0. The minimum atomic E-state index is -0.588. The molecule has 1 atom stereocenters. The quantitative estimate of drug-likeness (QED) is 0.529. The zero-order chi connectivity index (χ0) is 23.9. The van der Waals surface area contributed by atoms with Crippen LogP contribution in [0.5, 0.6) is 5.06 Å². The predicted octanol–water partition coefficient (Wildman–Crippen LogP) is 3.90. The molecule has 0 N–H and O–H groups in total. The van der Waals surface area contributed by atoms with Gasteiger partial charge in [-0.3, -0.25) is 9.59 Å². The molecule has 0 spiro atoms. The van der Waals surface area contributed by atoms with Gasteiger partial charge in [0.25, 0.3) is 5.91 Å². The molecule has 3 heterocycles. The van der Waals surface area contributed by atoms with Crippen LogP contribution < -0.4 is 4.74 Å². The number of halogens is 1. The van der Waals surface area contributed by atoms with Gasteiger partial charge in [0.05, 0.1) is 10.9 Å². The molecule has 3 aliphatic rings. The molecular formula is C25H38ClN3O4S. The molecule has 9 heteroatoms. The van der Waals surface area contributed by atoms with E-state index in [4.69, 9.17) is 21.1 Å². The summed E-state index contributed by atoms with van der Waals surface area (Å²) in [6.07, 6.45) is 10.3. The first-order valence-electron chi connectivity index (χ1n) is 12.7. The van der Waals surface area contributed by atoms with Crippen molar-refractivity contribution in [3.8, 4) is 5.06 Å². The molecule has 0 aromatic carbocycles. The molecule has 1 aromatic rings. The molecule has 2 aliphatic heterocycles. The van der Waals surface area contributed by atoms with Crippen molar-refractivity contribution in [1.82, 2.24) is 14.7 Å². The smallest absolute Gasteiger partial charge is 0.261 e. The van der Waals surface area contributed by atoms with Gasteiger partial charge in [-0.2, -0.15) is 0 Å². The third-order valence-electron chi connectivity index (χ3n) is 7.57. The van der Waals surface area contributed by atoms with Gasteiger partial charge in [-0.1, -0.05) is 35.8 Å². The summed E-state index contributed by atoms with van der Waals surface area (Å²) in [5.74, 6) is 0.345. The van der Waals surface area contributed by atoms with Gasteiger partial charge in [-0.05, 0) is 69.7 Å². The van der Waals surface area contributed by atoms with E-state index < -0.39 is 6.04 Å². The second kappa shape index (κ2) is 12.6. The zero-order valence-electron chi connectivity index (χ0n) is 20.3. The Morgan fingerprint density at radius 3 is 2.44 bits per heavy atom. The first kappa shape index (κ1) is 25.7. The predicted molar refractivity (Wildman–Crippen MR) is 135 cm³/mol. The average molecular weight is 512 g/mol. The third kappa shape index (κ3) is 6.65. The number of methoxy groups -OCH3 is 1. The number of carbonyl (C=O) groups excluding carboxylic acids is 2. The van der Waals surface area contributed by atoms with E-state index in [1.807, 2.05) is 4.90 Å². The van der Waals surface area contributed by atoms with Crippen molar-refractivity contribution in [2.75, 3.05) is 53.0 Å². The molecular weight excluding hydrogens is 474 g/mol. The number of nitrogens with zero attached hydrogens (tertiary/aromatic N) is 3. The maximum absolute atomic E-state index is 13.3. The SMILES string of the molecule is COCC1C(=O)N(CC2CCC(N3CCCCCC3)CC2)CCN1C(=O)COc1ccc(Cl)s1. The number of hydrogen-bond acceptors (Lipinski definition) is 6. The second-order valence-electron chi connectivity index (χ2n) is 9.81. The Morgan fingerprint density at radius 1 is 1.06 bits per heavy atom. The molecule has 1 unspecified atom stereocenters. The fourth-order valence-corrected chi connectivity index (χ4v) is 6.57. The normalized spacial score (nSPS) is 27.0. The second-order valence-corrected chi connectivity index (χ2v) is 11.5. The lowest BCUT2D eigenvalue weighted by Crippen LogP contribution is -2.61. The van der Waals surface area contributed by atoms with Crippen LogP contribution in [0.25, 0.3) is 0 Å². The van der Waals surface area contributed by atoms with Crippen LogP contribution in [-0.2, 0) is 14.3 Å². The summed E-state index contributed by atoms with van der Waals surface area (Å²) >= 11 is 7.22. The Morgan fingerprint density at radius 2 is 1.79 bits per heavy atom. The zero-order valence-corrected chi connectivity index (χ0v) is 21.8. The van der Waals surface area contributed by atoms with Crippen molar-refractivity contribution in [2.24, 2.45) is 5.92 Å². The molecule has 2 amide bonds. The summed E-state index contributed by atoms with van der Waals surface area (Å²) < 4.78 is 11.5. The Labute approximate surface area is 212 Å². The Kier molecular flexibility index (Phi) is 9.51. The molecule has 190 valence electrons. The first-order valence-corrected chi connectivity index (χ1v) is 13.9. The van der Waals surface area contributed by atoms with Crippen LogP contribution in [0.4, 0.5) is 0 Å².